The molecule has 6 heteroatoms. The van der Waals surface area contributed by atoms with Crippen molar-refractivity contribution >= 4 is 11.7 Å². The van der Waals surface area contributed by atoms with E-state index >= 15 is 0 Å². The number of nitrogen functional groups attached to an aromatic ring is 1. The third-order valence-electron chi connectivity index (χ3n) is 2.71. The minimum absolute atomic E-state index is 0.253. The van der Waals surface area contributed by atoms with Crippen molar-refractivity contribution in [1.29, 1.82) is 0 Å². The smallest absolute Gasteiger partial charge is 0.251 e. The fourth-order valence-corrected chi connectivity index (χ4v) is 1.80. The van der Waals surface area contributed by atoms with Crippen LogP contribution in [0.3, 0.4) is 0 Å². The third-order valence-corrected chi connectivity index (χ3v) is 2.71. The Hall–Kier alpha value is -2.47. The van der Waals surface area contributed by atoms with Gasteiger partial charge in [0.1, 0.15) is 11.6 Å². The van der Waals surface area contributed by atoms with E-state index in [-0.39, 0.29) is 18.3 Å². The average Bonchev–Trinajstić information content (AvgIpc) is 2.44. The summed E-state index contributed by atoms with van der Waals surface area (Å²) in [5.41, 5.74) is 4.22. The zero-order valence-electron chi connectivity index (χ0n) is 11.0. The molecule has 1 amide bonds. The highest BCUT2D eigenvalue weighted by Gasteiger charge is 2.08. The van der Waals surface area contributed by atoms with Crippen LogP contribution in [0.2, 0.25) is 0 Å². The molecule has 0 spiro atoms. The van der Waals surface area contributed by atoms with Crippen molar-refractivity contribution in [1.82, 2.24) is 10.3 Å². The molecular weight excluding hydrogens is 259 g/mol. The van der Waals surface area contributed by atoms with Crippen molar-refractivity contribution in [2.24, 2.45) is 5.84 Å². The summed E-state index contributed by atoms with van der Waals surface area (Å²) in [6.07, 6.45) is 0. The van der Waals surface area contributed by atoms with Gasteiger partial charge in [0.05, 0.1) is 0 Å². The average molecular weight is 274 g/mol. The maximum absolute atomic E-state index is 13.0. The van der Waals surface area contributed by atoms with Crippen LogP contribution in [0.4, 0.5) is 10.2 Å². The largest absolute Gasteiger partial charge is 0.348 e. The van der Waals surface area contributed by atoms with Crippen LogP contribution in [-0.4, -0.2) is 10.9 Å². The molecule has 104 valence electrons. The van der Waals surface area contributed by atoms with Crippen LogP contribution in [0.5, 0.6) is 0 Å². The molecule has 0 aliphatic carbocycles. The second-order valence-corrected chi connectivity index (χ2v) is 4.34. The summed E-state index contributed by atoms with van der Waals surface area (Å²) in [5, 5.41) is 2.72. The first kappa shape index (κ1) is 14.0. The van der Waals surface area contributed by atoms with Crippen LogP contribution in [0, 0.1) is 12.7 Å². The van der Waals surface area contributed by atoms with Gasteiger partial charge in [-0.15, -0.1) is 0 Å². The number of anilines is 1. The van der Waals surface area contributed by atoms with E-state index in [1.165, 1.54) is 12.1 Å². The number of amides is 1. The van der Waals surface area contributed by atoms with Crippen LogP contribution < -0.4 is 16.6 Å². The SMILES string of the molecule is Cc1cc(C(=O)NCc2cccc(F)c2)cc(NN)n1. The lowest BCUT2D eigenvalue weighted by Crippen LogP contribution is -2.23. The summed E-state index contributed by atoms with van der Waals surface area (Å²) >= 11 is 0. The zero-order valence-corrected chi connectivity index (χ0v) is 11.0. The molecule has 0 bridgehead atoms. The molecule has 0 aliphatic heterocycles. The van der Waals surface area contributed by atoms with Gasteiger partial charge >= 0.3 is 0 Å². The van der Waals surface area contributed by atoms with E-state index in [9.17, 15) is 9.18 Å². The maximum Gasteiger partial charge on any atom is 0.251 e. The van der Waals surface area contributed by atoms with E-state index in [1.54, 1.807) is 31.2 Å². The van der Waals surface area contributed by atoms with Crippen LogP contribution in [0.25, 0.3) is 0 Å². The number of rotatable bonds is 4. The number of carbonyl (C=O) groups is 1. The summed E-state index contributed by atoms with van der Waals surface area (Å²) in [6.45, 7) is 2.02. The Morgan fingerprint density at radius 2 is 2.15 bits per heavy atom. The molecule has 0 saturated carbocycles. The van der Waals surface area contributed by atoms with E-state index in [1.807, 2.05) is 0 Å². The van der Waals surface area contributed by atoms with Crippen molar-refractivity contribution in [2.75, 3.05) is 5.43 Å². The quantitative estimate of drug-likeness (QED) is 0.586. The number of aryl methyl sites for hydroxylation is 1. The first-order chi connectivity index (χ1) is 9.58. The summed E-state index contributed by atoms with van der Waals surface area (Å²) in [5.74, 6) is 5.11. The molecule has 1 aromatic carbocycles. The van der Waals surface area contributed by atoms with Crippen molar-refractivity contribution in [3.05, 3.63) is 59.0 Å². The molecule has 20 heavy (non-hydrogen) atoms. The Balaban J connectivity index is 2.07. The molecule has 0 fully saturated rings. The van der Waals surface area contributed by atoms with Crippen LogP contribution >= 0.6 is 0 Å². The van der Waals surface area contributed by atoms with Gasteiger partial charge in [-0.2, -0.15) is 0 Å². The number of hydrazine groups is 1. The zero-order chi connectivity index (χ0) is 14.5. The fourth-order valence-electron chi connectivity index (χ4n) is 1.80. The van der Waals surface area contributed by atoms with E-state index in [4.69, 9.17) is 5.84 Å². The molecule has 2 rings (SSSR count). The fraction of sp³-hybridized carbons (Fsp3) is 0.143. The monoisotopic (exact) mass is 274 g/mol. The first-order valence-electron chi connectivity index (χ1n) is 6.06. The number of nitrogens with two attached hydrogens (primary N) is 1. The molecular formula is C14H15FN4O. The van der Waals surface area contributed by atoms with Gasteiger partial charge in [-0.3, -0.25) is 4.79 Å². The number of hydrogen-bond acceptors (Lipinski definition) is 4. The lowest BCUT2D eigenvalue weighted by molar-refractivity contribution is 0.0950. The number of carbonyl (C=O) groups excluding carboxylic acids is 1. The normalized spacial score (nSPS) is 10.2. The Morgan fingerprint density at radius 1 is 1.35 bits per heavy atom. The van der Waals surface area contributed by atoms with Gasteiger partial charge in [0.25, 0.3) is 5.91 Å². The number of benzene rings is 1. The highest BCUT2D eigenvalue weighted by molar-refractivity contribution is 5.94. The second kappa shape index (κ2) is 6.12. The highest BCUT2D eigenvalue weighted by Crippen LogP contribution is 2.09. The van der Waals surface area contributed by atoms with Gasteiger partial charge in [-0.1, -0.05) is 12.1 Å². The predicted molar refractivity (Wildman–Crippen MR) is 74.4 cm³/mol. The topological polar surface area (TPSA) is 80.0 Å². The predicted octanol–water partition coefficient (Wildman–Crippen LogP) is 1.74. The summed E-state index contributed by atoms with van der Waals surface area (Å²) in [6, 6.07) is 9.29. The lowest BCUT2D eigenvalue weighted by atomic mass is 10.2. The Labute approximate surface area is 116 Å². The number of halogens is 1. The molecule has 1 heterocycles. The van der Waals surface area contributed by atoms with Crippen LogP contribution in [-0.2, 0) is 6.54 Å². The molecule has 0 radical (unpaired) electrons. The van der Waals surface area contributed by atoms with Gasteiger partial charge in [0.2, 0.25) is 0 Å². The van der Waals surface area contributed by atoms with E-state index < -0.39 is 0 Å². The van der Waals surface area contributed by atoms with Gasteiger partial charge in [-0.25, -0.2) is 15.2 Å². The van der Waals surface area contributed by atoms with Gasteiger partial charge in [-0.05, 0) is 36.8 Å². The Morgan fingerprint density at radius 3 is 2.85 bits per heavy atom. The maximum atomic E-state index is 13.0. The number of pyridine rings is 1. The van der Waals surface area contributed by atoms with Crippen molar-refractivity contribution < 1.29 is 9.18 Å². The number of aromatic nitrogens is 1. The molecule has 0 aliphatic rings. The van der Waals surface area contributed by atoms with Crippen molar-refractivity contribution in [3.63, 3.8) is 0 Å². The van der Waals surface area contributed by atoms with Gasteiger partial charge in [0.15, 0.2) is 0 Å². The number of nitrogens with one attached hydrogen (secondary N) is 2. The Kier molecular flexibility index (Phi) is 4.27. The summed E-state index contributed by atoms with van der Waals surface area (Å²) in [4.78, 5) is 16.1. The molecule has 2 aromatic rings. The van der Waals surface area contributed by atoms with E-state index in [0.29, 0.717) is 22.6 Å². The second-order valence-electron chi connectivity index (χ2n) is 4.34. The molecule has 4 N–H and O–H groups in total. The minimum Gasteiger partial charge on any atom is -0.348 e. The van der Waals surface area contributed by atoms with E-state index in [0.717, 1.165) is 0 Å². The van der Waals surface area contributed by atoms with Gasteiger partial charge < -0.3 is 10.7 Å². The summed E-state index contributed by atoms with van der Waals surface area (Å²) in [7, 11) is 0. The molecule has 1 aromatic heterocycles. The minimum atomic E-state index is -0.328. The lowest BCUT2D eigenvalue weighted by Gasteiger charge is -2.08. The van der Waals surface area contributed by atoms with Crippen LogP contribution in [0.1, 0.15) is 21.6 Å². The number of hydrogen-bond donors (Lipinski definition) is 3. The molecule has 5 nitrogen and oxygen atoms in total. The molecule has 0 unspecified atom stereocenters. The molecule has 0 saturated heterocycles. The Bertz CT molecular complexity index is 630. The molecule has 0 atom stereocenters. The van der Waals surface area contributed by atoms with Gasteiger partial charge in [0, 0.05) is 17.8 Å². The highest BCUT2D eigenvalue weighted by atomic mass is 19.1. The number of nitrogens with zero attached hydrogens (tertiary/aromatic N) is 1. The summed E-state index contributed by atoms with van der Waals surface area (Å²) < 4.78 is 13.0. The third kappa shape index (κ3) is 3.52. The van der Waals surface area contributed by atoms with Crippen molar-refractivity contribution in [3.8, 4) is 0 Å². The van der Waals surface area contributed by atoms with Crippen LogP contribution in [0.15, 0.2) is 36.4 Å². The standard InChI is InChI=1S/C14H15FN4O/c1-9-5-11(7-13(18-9)19-16)14(20)17-8-10-3-2-4-12(15)6-10/h2-7H,8,16H2,1H3,(H,17,20)(H,18,19). The first-order valence-corrected chi connectivity index (χ1v) is 6.06. The van der Waals surface area contributed by atoms with Crippen molar-refractivity contribution in [2.45, 2.75) is 13.5 Å². The van der Waals surface area contributed by atoms with E-state index in [2.05, 4.69) is 15.7 Å².